The van der Waals surface area contributed by atoms with Crippen LogP contribution in [0.15, 0.2) is 36.7 Å². The molecule has 3 nitrogen and oxygen atoms in total. The van der Waals surface area contributed by atoms with Gasteiger partial charge in [-0.25, -0.2) is 0 Å². The van der Waals surface area contributed by atoms with Crippen molar-refractivity contribution in [3.8, 4) is 0 Å². The van der Waals surface area contributed by atoms with Gasteiger partial charge in [-0.3, -0.25) is 4.68 Å². The number of halogens is 3. The molecule has 0 saturated heterocycles. The lowest BCUT2D eigenvalue weighted by Crippen LogP contribution is -2.17. The van der Waals surface area contributed by atoms with Gasteiger partial charge in [-0.2, -0.15) is 18.3 Å². The van der Waals surface area contributed by atoms with Gasteiger partial charge >= 0.3 is 6.18 Å². The van der Waals surface area contributed by atoms with E-state index in [2.05, 4.69) is 10.4 Å². The monoisotopic (exact) mass is 297 g/mol. The normalized spacial score (nSPS) is 13.4. The maximum Gasteiger partial charge on any atom is 0.416 e. The Morgan fingerprint density at radius 2 is 1.90 bits per heavy atom. The molecule has 0 amide bonds. The molecule has 1 aromatic carbocycles. The fraction of sp³-hybridized carbons (Fsp3) is 0.400. The predicted octanol–water partition coefficient (Wildman–Crippen LogP) is 3.33. The molecule has 0 saturated carbocycles. The number of alkyl halides is 3. The van der Waals surface area contributed by atoms with E-state index in [1.807, 2.05) is 20.3 Å². The zero-order valence-electron chi connectivity index (χ0n) is 12.0. The third kappa shape index (κ3) is 4.07. The van der Waals surface area contributed by atoms with E-state index in [1.165, 1.54) is 12.1 Å². The van der Waals surface area contributed by atoms with Crippen LogP contribution in [0.25, 0.3) is 0 Å². The Balaban J connectivity index is 2.03. The molecule has 0 bridgehead atoms. The number of nitrogens with one attached hydrogen (secondary N) is 1. The molecule has 21 heavy (non-hydrogen) atoms. The molecule has 1 N–H and O–H groups in total. The molecule has 0 fully saturated rings. The summed E-state index contributed by atoms with van der Waals surface area (Å²) in [6.45, 7) is 0. The lowest BCUT2D eigenvalue weighted by Gasteiger charge is -2.17. The van der Waals surface area contributed by atoms with Crippen LogP contribution in [0.5, 0.6) is 0 Å². The number of aryl methyl sites for hydroxylation is 2. The van der Waals surface area contributed by atoms with Crippen molar-refractivity contribution in [2.45, 2.75) is 25.1 Å². The SMILES string of the molecule is CNC(CCc1cnn(C)c1)c1ccc(C(F)(F)F)cc1. The number of hydrogen-bond acceptors (Lipinski definition) is 2. The minimum atomic E-state index is -4.29. The first-order chi connectivity index (χ1) is 9.90. The van der Waals surface area contributed by atoms with Crippen LogP contribution in [-0.4, -0.2) is 16.8 Å². The van der Waals surface area contributed by atoms with E-state index >= 15 is 0 Å². The van der Waals surface area contributed by atoms with Gasteiger partial charge in [0.15, 0.2) is 0 Å². The molecule has 0 aliphatic carbocycles. The Labute approximate surface area is 121 Å². The van der Waals surface area contributed by atoms with Crippen molar-refractivity contribution in [3.05, 3.63) is 53.3 Å². The molecule has 1 heterocycles. The zero-order valence-corrected chi connectivity index (χ0v) is 12.0. The Bertz CT molecular complexity index is 573. The highest BCUT2D eigenvalue weighted by Gasteiger charge is 2.30. The molecule has 1 aromatic heterocycles. The highest BCUT2D eigenvalue weighted by atomic mass is 19.4. The maximum absolute atomic E-state index is 12.5. The van der Waals surface area contributed by atoms with Crippen LogP contribution in [0.2, 0.25) is 0 Å². The van der Waals surface area contributed by atoms with Crippen LogP contribution < -0.4 is 5.32 Å². The number of hydrogen-bond donors (Lipinski definition) is 1. The van der Waals surface area contributed by atoms with E-state index in [4.69, 9.17) is 0 Å². The molecule has 6 heteroatoms. The third-order valence-electron chi connectivity index (χ3n) is 3.47. The second kappa shape index (κ2) is 6.30. The highest BCUT2D eigenvalue weighted by Crippen LogP contribution is 2.30. The van der Waals surface area contributed by atoms with Crippen molar-refractivity contribution in [1.82, 2.24) is 15.1 Å². The molecule has 0 radical (unpaired) electrons. The van der Waals surface area contributed by atoms with Crippen molar-refractivity contribution in [3.63, 3.8) is 0 Å². The Morgan fingerprint density at radius 1 is 1.24 bits per heavy atom. The summed E-state index contributed by atoms with van der Waals surface area (Å²) in [5.74, 6) is 0. The van der Waals surface area contributed by atoms with Crippen LogP contribution in [0.3, 0.4) is 0 Å². The fourth-order valence-corrected chi connectivity index (χ4v) is 2.29. The summed E-state index contributed by atoms with van der Waals surface area (Å²) >= 11 is 0. The predicted molar refractivity (Wildman–Crippen MR) is 74.8 cm³/mol. The van der Waals surface area contributed by atoms with Crippen molar-refractivity contribution in [1.29, 1.82) is 0 Å². The summed E-state index contributed by atoms with van der Waals surface area (Å²) in [5.41, 5.74) is 1.35. The van der Waals surface area contributed by atoms with Gasteiger partial charge < -0.3 is 5.32 Å². The second-order valence-corrected chi connectivity index (χ2v) is 5.02. The molecular weight excluding hydrogens is 279 g/mol. The Hall–Kier alpha value is -1.82. The third-order valence-corrected chi connectivity index (χ3v) is 3.47. The molecule has 1 atom stereocenters. The lowest BCUT2D eigenvalue weighted by atomic mass is 9.99. The molecule has 0 spiro atoms. The first-order valence-electron chi connectivity index (χ1n) is 6.72. The topological polar surface area (TPSA) is 29.9 Å². The molecule has 1 unspecified atom stereocenters. The van der Waals surface area contributed by atoms with E-state index in [0.717, 1.165) is 36.1 Å². The van der Waals surface area contributed by atoms with Gasteiger partial charge in [0.1, 0.15) is 0 Å². The van der Waals surface area contributed by atoms with Crippen LogP contribution in [0.1, 0.15) is 29.2 Å². The Morgan fingerprint density at radius 3 is 2.38 bits per heavy atom. The number of nitrogens with zero attached hydrogens (tertiary/aromatic N) is 2. The minimum absolute atomic E-state index is 0.0208. The van der Waals surface area contributed by atoms with E-state index in [1.54, 1.807) is 10.9 Å². The average molecular weight is 297 g/mol. The van der Waals surface area contributed by atoms with Crippen LogP contribution in [-0.2, 0) is 19.6 Å². The number of aromatic nitrogens is 2. The van der Waals surface area contributed by atoms with Gasteiger partial charge in [0.25, 0.3) is 0 Å². The summed E-state index contributed by atoms with van der Waals surface area (Å²) in [6.07, 6.45) is 1.08. The van der Waals surface area contributed by atoms with E-state index < -0.39 is 11.7 Å². The van der Waals surface area contributed by atoms with Crippen LogP contribution in [0.4, 0.5) is 13.2 Å². The largest absolute Gasteiger partial charge is 0.416 e. The smallest absolute Gasteiger partial charge is 0.313 e. The number of rotatable bonds is 5. The molecule has 2 rings (SSSR count). The maximum atomic E-state index is 12.5. The van der Waals surface area contributed by atoms with Crippen molar-refractivity contribution in [2.75, 3.05) is 7.05 Å². The van der Waals surface area contributed by atoms with Gasteiger partial charge in [-0.15, -0.1) is 0 Å². The Kier molecular flexibility index (Phi) is 4.67. The molecule has 0 aliphatic rings. The first-order valence-corrected chi connectivity index (χ1v) is 6.72. The van der Waals surface area contributed by atoms with Gasteiger partial charge in [0.2, 0.25) is 0 Å². The summed E-state index contributed by atoms with van der Waals surface area (Å²) in [4.78, 5) is 0. The summed E-state index contributed by atoms with van der Waals surface area (Å²) in [6, 6.07) is 5.35. The quantitative estimate of drug-likeness (QED) is 0.917. The number of benzene rings is 1. The highest BCUT2D eigenvalue weighted by molar-refractivity contribution is 5.27. The molecule has 114 valence electrons. The van der Waals surface area contributed by atoms with E-state index in [9.17, 15) is 13.2 Å². The summed E-state index contributed by atoms with van der Waals surface area (Å²) in [7, 11) is 3.67. The summed E-state index contributed by atoms with van der Waals surface area (Å²) in [5, 5.41) is 7.25. The fourth-order valence-electron chi connectivity index (χ4n) is 2.29. The van der Waals surface area contributed by atoms with Crippen molar-refractivity contribution in [2.24, 2.45) is 7.05 Å². The standard InChI is InChI=1S/C15H18F3N3/c1-19-14(8-3-11-9-20-21(2)10-11)12-4-6-13(7-5-12)15(16,17)18/h4-7,9-10,14,19H,3,8H2,1-2H3. The van der Waals surface area contributed by atoms with Crippen molar-refractivity contribution >= 4 is 0 Å². The average Bonchev–Trinajstić information content (AvgIpc) is 2.85. The van der Waals surface area contributed by atoms with Crippen LogP contribution >= 0.6 is 0 Å². The lowest BCUT2D eigenvalue weighted by molar-refractivity contribution is -0.137. The molecule has 2 aromatic rings. The van der Waals surface area contributed by atoms with Crippen LogP contribution in [0, 0.1) is 0 Å². The van der Waals surface area contributed by atoms with Gasteiger partial charge in [-0.05, 0) is 43.1 Å². The van der Waals surface area contributed by atoms with E-state index in [0.29, 0.717) is 0 Å². The van der Waals surface area contributed by atoms with Gasteiger partial charge in [-0.1, -0.05) is 12.1 Å². The van der Waals surface area contributed by atoms with Gasteiger partial charge in [0, 0.05) is 19.3 Å². The van der Waals surface area contributed by atoms with Gasteiger partial charge in [0.05, 0.1) is 11.8 Å². The molecule has 0 aliphatic heterocycles. The zero-order chi connectivity index (χ0) is 15.5. The van der Waals surface area contributed by atoms with Crippen molar-refractivity contribution < 1.29 is 13.2 Å². The van der Waals surface area contributed by atoms with E-state index in [-0.39, 0.29) is 6.04 Å². The molecular formula is C15H18F3N3. The summed E-state index contributed by atoms with van der Waals surface area (Å²) < 4.78 is 39.4. The first kappa shape index (κ1) is 15.6. The minimum Gasteiger partial charge on any atom is -0.313 e. The second-order valence-electron chi connectivity index (χ2n) is 5.02.